The fourth-order valence-electron chi connectivity index (χ4n) is 3.15. The molecule has 118 valence electrons. The van der Waals surface area contributed by atoms with Crippen LogP contribution in [0.5, 0.6) is 0 Å². The summed E-state index contributed by atoms with van der Waals surface area (Å²) in [6.07, 6.45) is 3.03. The van der Waals surface area contributed by atoms with Gasteiger partial charge in [-0.05, 0) is 50.6 Å². The van der Waals surface area contributed by atoms with Gasteiger partial charge in [-0.1, -0.05) is 12.1 Å². The largest absolute Gasteiger partial charge is 0.336 e. The van der Waals surface area contributed by atoms with Gasteiger partial charge in [0.15, 0.2) is 0 Å². The molecule has 6 heteroatoms. The number of aromatic nitrogens is 3. The first-order valence-electron chi connectivity index (χ1n) is 8.02. The van der Waals surface area contributed by atoms with Crippen LogP contribution in [-0.4, -0.2) is 51.5 Å². The molecule has 0 aliphatic carbocycles. The van der Waals surface area contributed by atoms with E-state index in [-0.39, 0.29) is 5.91 Å². The Kier molecular flexibility index (Phi) is 4.38. The molecule has 1 aliphatic rings. The summed E-state index contributed by atoms with van der Waals surface area (Å²) in [5, 5.41) is 11.5. The van der Waals surface area contributed by atoms with Gasteiger partial charge in [-0.3, -0.25) is 4.79 Å². The lowest BCUT2D eigenvalue weighted by molar-refractivity contribution is 0.0643. The molecule has 3 rings (SSSR count). The number of piperidine rings is 1. The Bertz CT molecular complexity index is 660. The Labute approximate surface area is 130 Å². The van der Waals surface area contributed by atoms with Crippen LogP contribution in [0, 0.1) is 0 Å². The summed E-state index contributed by atoms with van der Waals surface area (Å²) in [5.41, 5.74) is 2.43. The van der Waals surface area contributed by atoms with Crippen LogP contribution in [0.4, 0.5) is 0 Å². The molecule has 22 heavy (non-hydrogen) atoms. The van der Waals surface area contributed by atoms with Crippen molar-refractivity contribution in [3.05, 3.63) is 23.8 Å². The summed E-state index contributed by atoms with van der Waals surface area (Å²) in [4.78, 5) is 15.0. The van der Waals surface area contributed by atoms with Crippen molar-refractivity contribution in [3.8, 4) is 0 Å². The maximum Gasteiger partial charge on any atom is 0.254 e. The molecule has 0 radical (unpaired) electrons. The summed E-state index contributed by atoms with van der Waals surface area (Å²) >= 11 is 0. The average molecular weight is 301 g/mol. The number of hydrogen-bond acceptors (Lipinski definition) is 4. The van der Waals surface area contributed by atoms with Crippen molar-refractivity contribution in [2.45, 2.75) is 32.2 Å². The molecule has 1 fully saturated rings. The second-order valence-corrected chi connectivity index (χ2v) is 5.90. The van der Waals surface area contributed by atoms with Gasteiger partial charge in [0, 0.05) is 25.2 Å². The van der Waals surface area contributed by atoms with E-state index in [0.717, 1.165) is 49.9 Å². The second kappa shape index (κ2) is 6.44. The minimum atomic E-state index is 0.112. The predicted octanol–water partition coefficient (Wildman–Crippen LogP) is 1.57. The zero-order valence-electron chi connectivity index (χ0n) is 13.2. The molecule has 1 aromatic heterocycles. The van der Waals surface area contributed by atoms with E-state index < -0.39 is 0 Å². The number of carbonyl (C=O) groups excluding carboxylic acids is 1. The topological polar surface area (TPSA) is 63.1 Å². The highest BCUT2D eigenvalue weighted by Crippen LogP contribution is 2.19. The third-order valence-electron chi connectivity index (χ3n) is 4.33. The van der Waals surface area contributed by atoms with Crippen LogP contribution in [0.25, 0.3) is 11.0 Å². The van der Waals surface area contributed by atoms with Crippen molar-refractivity contribution in [1.82, 2.24) is 25.2 Å². The zero-order valence-corrected chi connectivity index (χ0v) is 13.2. The molecule has 1 aromatic carbocycles. The molecule has 1 saturated heterocycles. The van der Waals surface area contributed by atoms with Crippen molar-refractivity contribution in [1.29, 1.82) is 0 Å². The van der Waals surface area contributed by atoms with Crippen molar-refractivity contribution < 1.29 is 4.79 Å². The van der Waals surface area contributed by atoms with E-state index in [2.05, 4.69) is 22.6 Å². The Hall–Kier alpha value is -1.95. The Balaban J connectivity index is 1.86. The van der Waals surface area contributed by atoms with Crippen LogP contribution in [-0.2, 0) is 7.05 Å². The summed E-state index contributed by atoms with van der Waals surface area (Å²) in [5.74, 6) is 0.112. The summed E-state index contributed by atoms with van der Waals surface area (Å²) < 4.78 is 1.72. The molecule has 0 unspecified atom stereocenters. The summed E-state index contributed by atoms with van der Waals surface area (Å²) in [7, 11) is 1.86. The molecule has 6 nitrogen and oxygen atoms in total. The standard InChI is InChI=1S/C16H23N5O/c1-3-10-21(13-6-8-17-9-7-13)16(22)12-4-5-15-14(11-12)18-19-20(15)2/h4-5,11,13,17H,3,6-10H2,1-2H3. The van der Waals surface area contributed by atoms with E-state index in [9.17, 15) is 4.79 Å². The van der Waals surface area contributed by atoms with Crippen LogP contribution in [0.15, 0.2) is 18.2 Å². The van der Waals surface area contributed by atoms with Crippen LogP contribution < -0.4 is 5.32 Å². The molecule has 0 saturated carbocycles. The number of aryl methyl sites for hydroxylation is 1. The highest BCUT2D eigenvalue weighted by atomic mass is 16.2. The molecular formula is C16H23N5O. The van der Waals surface area contributed by atoms with E-state index in [0.29, 0.717) is 11.6 Å². The van der Waals surface area contributed by atoms with Crippen molar-refractivity contribution in [2.75, 3.05) is 19.6 Å². The smallest absolute Gasteiger partial charge is 0.254 e. The van der Waals surface area contributed by atoms with Gasteiger partial charge in [0.05, 0.1) is 5.52 Å². The molecule has 0 spiro atoms. The number of carbonyl (C=O) groups is 1. The van der Waals surface area contributed by atoms with E-state index >= 15 is 0 Å². The number of benzene rings is 1. The maximum atomic E-state index is 12.9. The summed E-state index contributed by atoms with van der Waals surface area (Å²) in [6, 6.07) is 6.01. The first kappa shape index (κ1) is 15.0. The van der Waals surface area contributed by atoms with Gasteiger partial charge in [-0.2, -0.15) is 0 Å². The number of nitrogens with zero attached hydrogens (tertiary/aromatic N) is 4. The van der Waals surface area contributed by atoms with E-state index in [4.69, 9.17) is 0 Å². The molecule has 2 heterocycles. The third-order valence-corrected chi connectivity index (χ3v) is 4.33. The number of rotatable bonds is 4. The molecule has 0 atom stereocenters. The van der Waals surface area contributed by atoms with E-state index in [1.807, 2.05) is 30.1 Å². The predicted molar refractivity (Wildman–Crippen MR) is 85.7 cm³/mol. The minimum Gasteiger partial charge on any atom is -0.336 e. The number of hydrogen-bond donors (Lipinski definition) is 1. The lowest BCUT2D eigenvalue weighted by Gasteiger charge is -2.34. The molecule has 1 N–H and O–H groups in total. The van der Waals surface area contributed by atoms with Crippen LogP contribution in [0.1, 0.15) is 36.5 Å². The van der Waals surface area contributed by atoms with Crippen molar-refractivity contribution in [3.63, 3.8) is 0 Å². The van der Waals surface area contributed by atoms with Gasteiger partial charge < -0.3 is 10.2 Å². The quantitative estimate of drug-likeness (QED) is 0.931. The van der Waals surface area contributed by atoms with Gasteiger partial charge in [0.1, 0.15) is 5.52 Å². The van der Waals surface area contributed by atoms with Gasteiger partial charge in [0.2, 0.25) is 0 Å². The van der Waals surface area contributed by atoms with Gasteiger partial charge in [0.25, 0.3) is 5.91 Å². The first-order chi connectivity index (χ1) is 10.7. The van der Waals surface area contributed by atoms with Crippen molar-refractivity contribution in [2.24, 2.45) is 7.05 Å². The SMILES string of the molecule is CCCN(C(=O)c1ccc2c(c1)nnn2C)C1CCNCC1. The Morgan fingerprint density at radius 3 is 2.91 bits per heavy atom. The Morgan fingerprint density at radius 1 is 1.41 bits per heavy atom. The highest BCUT2D eigenvalue weighted by Gasteiger charge is 2.25. The minimum absolute atomic E-state index is 0.112. The zero-order chi connectivity index (χ0) is 15.5. The monoisotopic (exact) mass is 301 g/mol. The average Bonchev–Trinajstić information content (AvgIpc) is 2.93. The fraction of sp³-hybridized carbons (Fsp3) is 0.562. The van der Waals surface area contributed by atoms with E-state index in [1.165, 1.54) is 0 Å². The first-order valence-corrected chi connectivity index (χ1v) is 8.02. The van der Waals surface area contributed by atoms with E-state index in [1.54, 1.807) is 4.68 Å². The molecule has 1 amide bonds. The van der Waals surface area contributed by atoms with Gasteiger partial charge >= 0.3 is 0 Å². The van der Waals surface area contributed by atoms with Crippen LogP contribution in [0.2, 0.25) is 0 Å². The Morgan fingerprint density at radius 2 is 2.18 bits per heavy atom. The third kappa shape index (κ3) is 2.83. The number of amides is 1. The highest BCUT2D eigenvalue weighted by molar-refractivity contribution is 5.97. The maximum absolute atomic E-state index is 12.9. The number of nitrogens with one attached hydrogen (secondary N) is 1. The molecule has 0 bridgehead atoms. The lowest BCUT2D eigenvalue weighted by atomic mass is 10.0. The normalized spacial score (nSPS) is 16.1. The molecule has 1 aliphatic heterocycles. The van der Waals surface area contributed by atoms with Gasteiger partial charge in [-0.15, -0.1) is 5.10 Å². The molecular weight excluding hydrogens is 278 g/mol. The second-order valence-electron chi connectivity index (χ2n) is 5.90. The summed E-state index contributed by atoms with van der Waals surface area (Å²) in [6.45, 7) is 4.90. The van der Waals surface area contributed by atoms with Crippen LogP contribution in [0.3, 0.4) is 0 Å². The van der Waals surface area contributed by atoms with Gasteiger partial charge in [-0.25, -0.2) is 4.68 Å². The van der Waals surface area contributed by atoms with Crippen LogP contribution >= 0.6 is 0 Å². The fourth-order valence-corrected chi connectivity index (χ4v) is 3.15. The number of fused-ring (bicyclic) bond motifs is 1. The molecule has 2 aromatic rings. The lowest BCUT2D eigenvalue weighted by Crippen LogP contribution is -2.46. The van der Waals surface area contributed by atoms with Crippen molar-refractivity contribution >= 4 is 16.9 Å².